The van der Waals surface area contributed by atoms with Crippen molar-refractivity contribution in [2.75, 3.05) is 20.3 Å². The number of rotatable bonds is 8. The van der Waals surface area contributed by atoms with Crippen LogP contribution in [0.5, 0.6) is 0 Å². The third kappa shape index (κ3) is 4.23. The van der Waals surface area contributed by atoms with Crippen LogP contribution in [0.2, 0.25) is 0 Å². The Kier molecular flexibility index (Phi) is 6.53. The van der Waals surface area contributed by atoms with Crippen molar-refractivity contribution in [3.8, 4) is 0 Å². The Balaban J connectivity index is 2.84. The number of methoxy groups -OCH3 is 1. The fraction of sp³-hybridized carbons (Fsp3) is 0.636. The van der Waals surface area contributed by atoms with Crippen molar-refractivity contribution >= 4 is 27.3 Å². The van der Waals surface area contributed by atoms with Gasteiger partial charge in [-0.05, 0) is 12.3 Å². The molecule has 9 heteroatoms. The van der Waals surface area contributed by atoms with E-state index in [1.54, 1.807) is 0 Å². The molecule has 0 saturated carbocycles. The van der Waals surface area contributed by atoms with Crippen molar-refractivity contribution in [3.63, 3.8) is 0 Å². The summed E-state index contributed by atoms with van der Waals surface area (Å²) < 4.78 is 31.1. The molecule has 1 rings (SSSR count). The summed E-state index contributed by atoms with van der Waals surface area (Å²) in [4.78, 5) is 15.2. The lowest BCUT2D eigenvalue weighted by molar-refractivity contribution is 0.0590. The second kappa shape index (κ2) is 7.67. The van der Waals surface area contributed by atoms with E-state index in [2.05, 4.69) is 14.4 Å². The van der Waals surface area contributed by atoms with Crippen LogP contribution in [-0.2, 0) is 14.8 Å². The van der Waals surface area contributed by atoms with Gasteiger partial charge in [0.25, 0.3) is 10.0 Å². The molecule has 0 bridgehead atoms. The zero-order chi connectivity index (χ0) is 15.2. The molecule has 1 unspecified atom stereocenters. The molecule has 0 radical (unpaired) electrons. The fourth-order valence-corrected chi connectivity index (χ4v) is 3.88. The molecule has 0 spiro atoms. The van der Waals surface area contributed by atoms with Gasteiger partial charge in [-0.3, -0.25) is 0 Å². The normalized spacial score (nSPS) is 13.2. The molecule has 7 nitrogen and oxygen atoms in total. The van der Waals surface area contributed by atoms with E-state index in [0.29, 0.717) is 6.42 Å². The van der Waals surface area contributed by atoms with E-state index >= 15 is 0 Å². The van der Waals surface area contributed by atoms with Crippen molar-refractivity contribution in [2.45, 2.75) is 24.0 Å². The summed E-state index contributed by atoms with van der Waals surface area (Å²) in [6.07, 6.45) is 1.27. The second-order valence-electron chi connectivity index (χ2n) is 4.12. The molecule has 0 fully saturated rings. The second-order valence-corrected chi connectivity index (χ2v) is 6.94. The zero-order valence-corrected chi connectivity index (χ0v) is 13.0. The number of thiazole rings is 1. The first-order valence-electron chi connectivity index (χ1n) is 6.08. The lowest BCUT2D eigenvalue weighted by Gasteiger charge is -2.14. The highest BCUT2D eigenvalue weighted by atomic mass is 32.2. The number of nitrogens with one attached hydrogen (secondary N) is 1. The van der Waals surface area contributed by atoms with Gasteiger partial charge in [-0.15, -0.1) is 11.3 Å². The molecule has 1 aromatic rings. The van der Waals surface area contributed by atoms with E-state index in [4.69, 9.17) is 5.11 Å². The number of nitrogens with zero attached hydrogens (tertiary/aromatic N) is 1. The predicted molar refractivity (Wildman–Crippen MR) is 74.1 cm³/mol. The maximum atomic E-state index is 12.1. The van der Waals surface area contributed by atoms with Crippen LogP contribution in [0.25, 0.3) is 0 Å². The Bertz CT molecular complexity index is 541. The van der Waals surface area contributed by atoms with Gasteiger partial charge in [-0.25, -0.2) is 22.9 Å². The highest BCUT2D eigenvalue weighted by Gasteiger charge is 2.26. The SMILES string of the molecule is CCC(CCO)CNS(=O)(=O)c1scnc1C(=O)OC. The molecular weight excluding hydrogens is 304 g/mol. The van der Waals surface area contributed by atoms with Crippen molar-refractivity contribution < 1.29 is 23.1 Å². The summed E-state index contributed by atoms with van der Waals surface area (Å²) in [7, 11) is -2.64. The van der Waals surface area contributed by atoms with Gasteiger partial charge in [0.15, 0.2) is 9.90 Å². The minimum absolute atomic E-state index is 0.00814. The van der Waals surface area contributed by atoms with Gasteiger partial charge < -0.3 is 9.84 Å². The van der Waals surface area contributed by atoms with Gasteiger partial charge in [-0.2, -0.15) is 0 Å². The van der Waals surface area contributed by atoms with E-state index in [1.807, 2.05) is 6.92 Å². The molecule has 0 amide bonds. The van der Waals surface area contributed by atoms with Gasteiger partial charge in [0.05, 0.1) is 12.6 Å². The largest absolute Gasteiger partial charge is 0.464 e. The minimum Gasteiger partial charge on any atom is -0.464 e. The first kappa shape index (κ1) is 17.0. The molecule has 0 saturated heterocycles. The average Bonchev–Trinajstić information content (AvgIpc) is 2.92. The van der Waals surface area contributed by atoms with Crippen LogP contribution < -0.4 is 4.72 Å². The van der Waals surface area contributed by atoms with Crippen molar-refractivity contribution in [2.24, 2.45) is 5.92 Å². The van der Waals surface area contributed by atoms with Crippen LogP contribution in [0.3, 0.4) is 0 Å². The molecule has 0 aliphatic heterocycles. The van der Waals surface area contributed by atoms with E-state index in [9.17, 15) is 13.2 Å². The summed E-state index contributed by atoms with van der Waals surface area (Å²) in [5.74, 6) is -0.738. The number of carbonyl (C=O) groups is 1. The molecular formula is C11H18N2O5S2. The van der Waals surface area contributed by atoms with Crippen LogP contribution in [0, 0.1) is 5.92 Å². The van der Waals surface area contributed by atoms with Gasteiger partial charge >= 0.3 is 5.97 Å². The number of aliphatic hydroxyl groups excluding tert-OH is 1. The van der Waals surface area contributed by atoms with Crippen LogP contribution in [-0.4, -0.2) is 44.7 Å². The van der Waals surface area contributed by atoms with E-state index in [-0.39, 0.29) is 29.0 Å². The third-order valence-corrected chi connectivity index (χ3v) is 5.63. The highest BCUT2D eigenvalue weighted by Crippen LogP contribution is 2.21. The van der Waals surface area contributed by atoms with Gasteiger partial charge in [0, 0.05) is 13.2 Å². The van der Waals surface area contributed by atoms with Crippen molar-refractivity contribution in [1.29, 1.82) is 0 Å². The number of ether oxygens (including phenoxy) is 1. The number of esters is 1. The molecule has 1 aromatic heterocycles. The molecule has 114 valence electrons. The van der Waals surface area contributed by atoms with Crippen molar-refractivity contribution in [1.82, 2.24) is 9.71 Å². The summed E-state index contributed by atoms with van der Waals surface area (Å²) in [5, 5.41) is 8.88. The average molecular weight is 322 g/mol. The van der Waals surface area contributed by atoms with Gasteiger partial charge in [0.1, 0.15) is 0 Å². The van der Waals surface area contributed by atoms with Gasteiger partial charge in [0.2, 0.25) is 0 Å². The number of hydrogen-bond acceptors (Lipinski definition) is 7. The predicted octanol–water partition coefficient (Wildman–Crippen LogP) is 0.617. The zero-order valence-electron chi connectivity index (χ0n) is 11.3. The maximum absolute atomic E-state index is 12.1. The molecule has 0 aliphatic rings. The Morgan fingerprint density at radius 1 is 1.60 bits per heavy atom. The smallest absolute Gasteiger partial charge is 0.358 e. The summed E-state index contributed by atoms with van der Waals surface area (Å²) in [6, 6.07) is 0. The summed E-state index contributed by atoms with van der Waals surface area (Å²) in [6.45, 7) is 2.13. The van der Waals surface area contributed by atoms with Crippen LogP contribution in [0.1, 0.15) is 30.3 Å². The maximum Gasteiger partial charge on any atom is 0.358 e. The van der Waals surface area contributed by atoms with Crippen molar-refractivity contribution in [3.05, 3.63) is 11.2 Å². The van der Waals surface area contributed by atoms with E-state index in [1.165, 1.54) is 12.6 Å². The van der Waals surface area contributed by atoms with Gasteiger partial charge in [-0.1, -0.05) is 13.3 Å². The highest BCUT2D eigenvalue weighted by molar-refractivity contribution is 7.91. The topological polar surface area (TPSA) is 106 Å². The first-order valence-corrected chi connectivity index (χ1v) is 8.44. The van der Waals surface area contributed by atoms with E-state index < -0.39 is 16.0 Å². The minimum atomic E-state index is -3.80. The molecule has 20 heavy (non-hydrogen) atoms. The molecule has 0 aliphatic carbocycles. The number of carbonyl (C=O) groups excluding carboxylic acids is 1. The quantitative estimate of drug-likeness (QED) is 0.680. The Morgan fingerprint density at radius 2 is 2.30 bits per heavy atom. The fourth-order valence-electron chi connectivity index (χ4n) is 1.58. The Morgan fingerprint density at radius 3 is 2.85 bits per heavy atom. The molecule has 1 atom stereocenters. The molecule has 0 aromatic carbocycles. The number of hydrogen-bond donors (Lipinski definition) is 2. The molecule has 2 N–H and O–H groups in total. The Hall–Kier alpha value is -1.03. The molecule has 1 heterocycles. The van der Waals surface area contributed by atoms with E-state index in [0.717, 1.165) is 17.8 Å². The van der Waals surface area contributed by atoms with Crippen LogP contribution in [0.15, 0.2) is 9.72 Å². The summed E-state index contributed by atoms with van der Waals surface area (Å²) in [5.41, 5.74) is 1.08. The number of sulfonamides is 1. The third-order valence-electron chi connectivity index (χ3n) is 2.83. The number of aliphatic hydroxyl groups is 1. The van der Waals surface area contributed by atoms with Crippen LogP contribution >= 0.6 is 11.3 Å². The Labute approximate surface area is 122 Å². The first-order chi connectivity index (χ1) is 9.46. The number of aromatic nitrogens is 1. The summed E-state index contributed by atoms with van der Waals surface area (Å²) >= 11 is 0.861. The van der Waals surface area contributed by atoms with Crippen LogP contribution in [0.4, 0.5) is 0 Å². The monoisotopic (exact) mass is 322 g/mol. The standard InChI is InChI=1S/C11H18N2O5S2/c1-3-8(4-5-14)6-13-20(16,17)11-9(10(15)18-2)12-7-19-11/h7-8,13-14H,3-6H2,1-2H3. The lowest BCUT2D eigenvalue weighted by atomic mass is 10.0. The lowest BCUT2D eigenvalue weighted by Crippen LogP contribution is -2.30.